The van der Waals surface area contributed by atoms with Crippen molar-refractivity contribution < 1.29 is 19.1 Å². The Balaban J connectivity index is 1.34. The van der Waals surface area contributed by atoms with E-state index in [0.717, 1.165) is 57.3 Å². The standard InChI is InChI=1S/C29H42N6O4S/c1-29(2,3)39-28(38)33-25-20-40-19-24(25)32-26(36)23-12-11-21(17-30-23)18-35(16-8-15-34-13-6-7-14-34)27(37)31-22-9-4-5-10-22/h11-12,17,19-20,22H,4-10,13-16,18H2,1-3H3,(H,31,37)(H,32,36)(H,33,38). The summed E-state index contributed by atoms with van der Waals surface area (Å²) in [5, 5.41) is 12.2. The number of aromatic nitrogens is 1. The smallest absolute Gasteiger partial charge is 0.412 e. The quantitative estimate of drug-likeness (QED) is 0.338. The lowest BCUT2D eigenvalue weighted by molar-refractivity contribution is 0.0635. The highest BCUT2D eigenvalue weighted by Crippen LogP contribution is 2.27. The van der Waals surface area contributed by atoms with E-state index in [1.54, 1.807) is 43.8 Å². The second-order valence-corrected chi connectivity index (χ2v) is 12.3. The van der Waals surface area contributed by atoms with E-state index in [2.05, 4.69) is 25.8 Å². The number of ether oxygens (including phenoxy) is 1. The molecule has 11 heteroatoms. The number of anilines is 2. The van der Waals surface area contributed by atoms with Gasteiger partial charge in [0.25, 0.3) is 5.91 Å². The van der Waals surface area contributed by atoms with Gasteiger partial charge in [0.1, 0.15) is 11.3 Å². The van der Waals surface area contributed by atoms with E-state index in [4.69, 9.17) is 4.74 Å². The van der Waals surface area contributed by atoms with Crippen LogP contribution >= 0.6 is 11.3 Å². The van der Waals surface area contributed by atoms with Gasteiger partial charge in [-0.3, -0.25) is 15.1 Å². The second-order valence-electron chi connectivity index (χ2n) is 11.6. The molecule has 1 aliphatic heterocycles. The Labute approximate surface area is 240 Å². The number of carbonyl (C=O) groups excluding carboxylic acids is 3. The number of nitrogens with one attached hydrogen (secondary N) is 3. The number of hydrogen-bond acceptors (Lipinski definition) is 7. The zero-order valence-corrected chi connectivity index (χ0v) is 24.6. The molecule has 0 spiro atoms. The van der Waals surface area contributed by atoms with Crippen LogP contribution in [0.5, 0.6) is 0 Å². The largest absolute Gasteiger partial charge is 0.444 e. The zero-order chi connectivity index (χ0) is 28.5. The van der Waals surface area contributed by atoms with Crippen LogP contribution in [0.3, 0.4) is 0 Å². The number of rotatable bonds is 10. The lowest BCUT2D eigenvalue weighted by Gasteiger charge is -2.26. The molecule has 0 aromatic carbocycles. The molecular formula is C29H42N6O4S. The Morgan fingerprint density at radius 1 is 1.05 bits per heavy atom. The summed E-state index contributed by atoms with van der Waals surface area (Å²) in [7, 11) is 0. The van der Waals surface area contributed by atoms with Crippen LogP contribution < -0.4 is 16.0 Å². The van der Waals surface area contributed by atoms with Gasteiger partial charge in [0.15, 0.2) is 0 Å². The molecule has 2 aromatic rings. The maximum absolute atomic E-state index is 13.1. The van der Waals surface area contributed by atoms with E-state index in [0.29, 0.717) is 24.5 Å². The molecule has 2 fully saturated rings. The molecule has 0 unspecified atom stereocenters. The molecule has 40 heavy (non-hydrogen) atoms. The Morgan fingerprint density at radius 2 is 1.75 bits per heavy atom. The fraction of sp³-hybridized carbons (Fsp3) is 0.586. The molecular weight excluding hydrogens is 528 g/mol. The van der Waals surface area contributed by atoms with Gasteiger partial charge in [-0.15, -0.1) is 11.3 Å². The predicted octanol–water partition coefficient (Wildman–Crippen LogP) is 5.68. The van der Waals surface area contributed by atoms with Crippen molar-refractivity contribution in [1.29, 1.82) is 0 Å². The average Bonchev–Trinajstić information content (AvgIpc) is 3.67. The van der Waals surface area contributed by atoms with Crippen molar-refractivity contribution in [3.05, 3.63) is 40.3 Å². The van der Waals surface area contributed by atoms with Crippen LogP contribution in [0.4, 0.5) is 21.0 Å². The van der Waals surface area contributed by atoms with Gasteiger partial charge in [0, 0.05) is 36.1 Å². The SMILES string of the molecule is CC(C)(C)OC(=O)Nc1cscc1NC(=O)c1ccc(CN(CCCN2CCCC2)C(=O)NC2CCCC2)cn1. The van der Waals surface area contributed by atoms with Gasteiger partial charge in [-0.05, 0) is 84.1 Å². The minimum Gasteiger partial charge on any atom is -0.444 e. The molecule has 10 nitrogen and oxygen atoms in total. The summed E-state index contributed by atoms with van der Waals surface area (Å²) in [5.41, 5.74) is 1.41. The molecule has 2 aliphatic rings. The van der Waals surface area contributed by atoms with Gasteiger partial charge in [0.2, 0.25) is 0 Å². The second kappa shape index (κ2) is 13.9. The first-order valence-electron chi connectivity index (χ1n) is 14.3. The molecule has 4 amide bonds. The van der Waals surface area contributed by atoms with Gasteiger partial charge < -0.3 is 25.2 Å². The zero-order valence-electron chi connectivity index (χ0n) is 23.8. The predicted molar refractivity (Wildman–Crippen MR) is 158 cm³/mol. The number of thiophene rings is 1. The van der Waals surface area contributed by atoms with Gasteiger partial charge in [-0.25, -0.2) is 9.59 Å². The lowest BCUT2D eigenvalue weighted by atomic mass is 10.2. The summed E-state index contributed by atoms with van der Waals surface area (Å²) < 4.78 is 5.30. The fourth-order valence-electron chi connectivity index (χ4n) is 5.04. The van der Waals surface area contributed by atoms with Crippen LogP contribution in [0.15, 0.2) is 29.1 Å². The van der Waals surface area contributed by atoms with Crippen LogP contribution in [0.25, 0.3) is 0 Å². The molecule has 0 bridgehead atoms. The van der Waals surface area contributed by atoms with Crippen molar-refractivity contribution >= 4 is 40.7 Å². The Morgan fingerprint density at radius 3 is 2.40 bits per heavy atom. The van der Waals surface area contributed by atoms with Crippen molar-refractivity contribution in [2.45, 2.75) is 83.9 Å². The van der Waals surface area contributed by atoms with Crippen LogP contribution in [-0.2, 0) is 11.3 Å². The number of hydrogen-bond donors (Lipinski definition) is 3. The van der Waals surface area contributed by atoms with Gasteiger partial charge in [-0.1, -0.05) is 18.9 Å². The van der Waals surface area contributed by atoms with Gasteiger partial charge in [0.05, 0.1) is 11.4 Å². The number of likely N-dealkylation sites (tertiary alicyclic amines) is 1. The molecule has 0 atom stereocenters. The molecule has 218 valence electrons. The third kappa shape index (κ3) is 9.19. The minimum atomic E-state index is -0.629. The first-order valence-corrected chi connectivity index (χ1v) is 15.2. The van der Waals surface area contributed by atoms with Crippen molar-refractivity contribution in [2.24, 2.45) is 0 Å². The third-order valence-corrected chi connectivity index (χ3v) is 7.79. The molecule has 2 aromatic heterocycles. The summed E-state index contributed by atoms with van der Waals surface area (Å²) in [5.74, 6) is -0.390. The highest BCUT2D eigenvalue weighted by atomic mass is 32.1. The van der Waals surface area contributed by atoms with Crippen LogP contribution in [-0.4, -0.2) is 70.6 Å². The molecule has 4 rings (SSSR count). The van der Waals surface area contributed by atoms with Gasteiger partial charge in [-0.2, -0.15) is 0 Å². The summed E-state index contributed by atoms with van der Waals surface area (Å²) in [4.78, 5) is 46.9. The number of nitrogens with zero attached hydrogens (tertiary/aromatic N) is 3. The topological polar surface area (TPSA) is 116 Å². The van der Waals surface area contributed by atoms with E-state index >= 15 is 0 Å². The fourth-order valence-corrected chi connectivity index (χ4v) is 5.76. The Bertz CT molecular complexity index is 1130. The number of amides is 4. The van der Waals surface area contributed by atoms with E-state index in [1.807, 2.05) is 11.0 Å². The highest BCUT2D eigenvalue weighted by molar-refractivity contribution is 7.09. The van der Waals surface area contributed by atoms with Crippen LogP contribution in [0.2, 0.25) is 0 Å². The summed E-state index contributed by atoms with van der Waals surface area (Å²) in [6.45, 7) is 9.75. The Kier molecular flexibility index (Phi) is 10.4. The van der Waals surface area contributed by atoms with E-state index in [9.17, 15) is 14.4 Å². The normalized spacial score (nSPS) is 16.1. The molecule has 1 saturated heterocycles. The van der Waals surface area contributed by atoms with Crippen molar-refractivity contribution in [3.8, 4) is 0 Å². The maximum atomic E-state index is 13.1. The van der Waals surface area contributed by atoms with Crippen LogP contribution in [0, 0.1) is 0 Å². The third-order valence-electron chi connectivity index (χ3n) is 7.05. The van der Waals surface area contributed by atoms with Crippen molar-refractivity contribution in [2.75, 3.05) is 36.8 Å². The number of urea groups is 1. The first-order chi connectivity index (χ1) is 19.2. The number of pyridine rings is 1. The summed E-state index contributed by atoms with van der Waals surface area (Å²) >= 11 is 1.35. The first kappa shape index (κ1) is 29.8. The molecule has 1 saturated carbocycles. The summed E-state index contributed by atoms with van der Waals surface area (Å²) in [6.07, 6.45) is 8.90. The highest BCUT2D eigenvalue weighted by Gasteiger charge is 2.22. The Hall–Kier alpha value is -3.18. The summed E-state index contributed by atoms with van der Waals surface area (Å²) in [6, 6.07) is 3.73. The van der Waals surface area contributed by atoms with E-state index in [-0.39, 0.29) is 17.8 Å². The lowest BCUT2D eigenvalue weighted by Crippen LogP contribution is -2.44. The number of carbonyl (C=O) groups is 3. The molecule has 0 radical (unpaired) electrons. The molecule has 3 N–H and O–H groups in total. The van der Waals surface area contributed by atoms with Crippen molar-refractivity contribution in [1.82, 2.24) is 20.1 Å². The molecule has 3 heterocycles. The van der Waals surface area contributed by atoms with Gasteiger partial charge >= 0.3 is 12.1 Å². The average molecular weight is 571 g/mol. The maximum Gasteiger partial charge on any atom is 0.412 e. The van der Waals surface area contributed by atoms with E-state index in [1.165, 1.54) is 24.2 Å². The molecule has 1 aliphatic carbocycles. The monoisotopic (exact) mass is 570 g/mol. The van der Waals surface area contributed by atoms with Crippen LogP contribution in [0.1, 0.15) is 81.8 Å². The van der Waals surface area contributed by atoms with E-state index < -0.39 is 17.6 Å². The minimum absolute atomic E-state index is 0.0300. The van der Waals surface area contributed by atoms with Crippen molar-refractivity contribution in [3.63, 3.8) is 0 Å².